The molecule has 0 saturated heterocycles. The van der Waals surface area contributed by atoms with Crippen molar-refractivity contribution in [3.05, 3.63) is 66.2 Å². The molecule has 22 heavy (non-hydrogen) atoms. The van der Waals surface area contributed by atoms with Crippen molar-refractivity contribution in [2.45, 2.75) is 4.21 Å². The van der Waals surface area contributed by atoms with Crippen molar-refractivity contribution < 1.29 is 8.42 Å². The third-order valence-electron chi connectivity index (χ3n) is 2.82. The van der Waals surface area contributed by atoms with E-state index in [1.54, 1.807) is 29.6 Å². The number of hydrogen-bond acceptors (Lipinski definition) is 5. The lowest BCUT2D eigenvalue weighted by molar-refractivity contribution is 0.603. The molecule has 0 amide bonds. The summed E-state index contributed by atoms with van der Waals surface area (Å²) in [4.78, 5) is 4.20. The number of para-hydroxylation sites is 1. The normalized spacial score (nSPS) is 11.1. The van der Waals surface area contributed by atoms with Crippen LogP contribution in [-0.2, 0) is 10.0 Å². The Labute approximate surface area is 132 Å². The second kappa shape index (κ2) is 6.17. The second-order valence-electron chi connectivity index (χ2n) is 4.46. The van der Waals surface area contributed by atoms with E-state index < -0.39 is 10.0 Å². The number of rotatable bonds is 5. The fraction of sp³-hybridized carbons (Fsp3) is 0. The van der Waals surface area contributed by atoms with E-state index >= 15 is 0 Å². The number of aromatic nitrogens is 1. The van der Waals surface area contributed by atoms with Crippen LogP contribution in [0.2, 0.25) is 0 Å². The lowest BCUT2D eigenvalue weighted by atomic mass is 10.3. The highest BCUT2D eigenvalue weighted by atomic mass is 32.2. The average Bonchev–Trinajstić information content (AvgIpc) is 3.05. The molecule has 0 aliphatic carbocycles. The number of pyridine rings is 1. The quantitative estimate of drug-likeness (QED) is 0.748. The number of benzene rings is 1. The fourth-order valence-electron chi connectivity index (χ4n) is 1.82. The van der Waals surface area contributed by atoms with Gasteiger partial charge in [-0.1, -0.05) is 24.3 Å². The lowest BCUT2D eigenvalue weighted by Gasteiger charge is -2.08. The molecular formula is C15H13N3O2S2. The number of hydrogen-bond donors (Lipinski definition) is 2. The van der Waals surface area contributed by atoms with Crippen LogP contribution in [0.1, 0.15) is 0 Å². The minimum atomic E-state index is -3.53. The monoisotopic (exact) mass is 331 g/mol. The van der Waals surface area contributed by atoms with Crippen molar-refractivity contribution in [2.24, 2.45) is 0 Å². The first-order valence-electron chi connectivity index (χ1n) is 6.48. The molecule has 0 fully saturated rings. The van der Waals surface area contributed by atoms with Crippen molar-refractivity contribution in [2.75, 3.05) is 10.0 Å². The molecular weight excluding hydrogens is 318 g/mol. The Hall–Kier alpha value is -2.38. The van der Waals surface area contributed by atoms with E-state index in [1.807, 2.05) is 30.3 Å². The number of nitrogens with one attached hydrogen (secondary N) is 2. The molecule has 1 aromatic carbocycles. The van der Waals surface area contributed by atoms with Gasteiger partial charge in [0.1, 0.15) is 10.0 Å². The van der Waals surface area contributed by atoms with E-state index in [1.165, 1.54) is 17.5 Å². The molecule has 112 valence electrons. The molecule has 2 heterocycles. The average molecular weight is 331 g/mol. The zero-order valence-corrected chi connectivity index (χ0v) is 13.1. The van der Waals surface area contributed by atoms with E-state index in [4.69, 9.17) is 0 Å². The summed E-state index contributed by atoms with van der Waals surface area (Å²) in [5, 5.41) is 4.86. The molecule has 3 aromatic rings. The standard InChI is InChI=1S/C15H13N3O2S2/c19-22(20,15-7-4-10-21-15)18-13-8-9-14(16-11-13)17-12-5-2-1-3-6-12/h1-11,18H,(H,16,17). The third-order valence-corrected chi connectivity index (χ3v) is 5.60. The fourth-order valence-corrected chi connectivity index (χ4v) is 3.86. The first-order chi connectivity index (χ1) is 10.6. The van der Waals surface area contributed by atoms with Gasteiger partial charge >= 0.3 is 0 Å². The van der Waals surface area contributed by atoms with Gasteiger partial charge in [-0.3, -0.25) is 4.72 Å². The summed E-state index contributed by atoms with van der Waals surface area (Å²) in [6.07, 6.45) is 1.48. The zero-order valence-electron chi connectivity index (χ0n) is 11.4. The number of thiophene rings is 1. The molecule has 0 aliphatic heterocycles. The Morgan fingerprint density at radius 1 is 0.909 bits per heavy atom. The molecule has 3 rings (SSSR count). The van der Waals surface area contributed by atoms with Crippen LogP contribution in [0.3, 0.4) is 0 Å². The number of anilines is 3. The Kier molecular flexibility index (Phi) is 4.08. The van der Waals surface area contributed by atoms with Crippen molar-refractivity contribution in [1.29, 1.82) is 0 Å². The van der Waals surface area contributed by atoms with Gasteiger partial charge in [0, 0.05) is 5.69 Å². The molecule has 0 radical (unpaired) electrons. The maximum Gasteiger partial charge on any atom is 0.271 e. The highest BCUT2D eigenvalue weighted by Crippen LogP contribution is 2.21. The smallest absolute Gasteiger partial charge is 0.271 e. The van der Waals surface area contributed by atoms with Crippen molar-refractivity contribution in [3.63, 3.8) is 0 Å². The molecule has 0 unspecified atom stereocenters. The highest BCUT2D eigenvalue weighted by Gasteiger charge is 2.15. The maximum atomic E-state index is 12.1. The minimum absolute atomic E-state index is 0.277. The van der Waals surface area contributed by atoms with E-state index in [0.717, 1.165) is 5.69 Å². The first kappa shape index (κ1) is 14.6. The topological polar surface area (TPSA) is 71.1 Å². The third kappa shape index (κ3) is 3.44. The molecule has 2 N–H and O–H groups in total. The summed E-state index contributed by atoms with van der Waals surface area (Å²) in [7, 11) is -3.53. The van der Waals surface area contributed by atoms with E-state index in [-0.39, 0.29) is 4.21 Å². The zero-order chi connectivity index (χ0) is 15.4. The Morgan fingerprint density at radius 2 is 1.73 bits per heavy atom. The summed E-state index contributed by atoms with van der Waals surface area (Å²) in [6, 6.07) is 16.3. The highest BCUT2D eigenvalue weighted by molar-refractivity contribution is 7.94. The van der Waals surface area contributed by atoms with Crippen molar-refractivity contribution in [3.8, 4) is 0 Å². The lowest BCUT2D eigenvalue weighted by Crippen LogP contribution is -2.11. The first-order valence-corrected chi connectivity index (χ1v) is 8.84. The molecule has 0 atom stereocenters. The van der Waals surface area contributed by atoms with Crippen LogP contribution < -0.4 is 10.0 Å². The van der Waals surface area contributed by atoms with Gasteiger partial charge < -0.3 is 5.32 Å². The van der Waals surface area contributed by atoms with Crippen LogP contribution in [0.5, 0.6) is 0 Å². The van der Waals surface area contributed by atoms with E-state index in [2.05, 4.69) is 15.0 Å². The van der Waals surface area contributed by atoms with Gasteiger partial charge in [0.2, 0.25) is 0 Å². The predicted octanol–water partition coefficient (Wildman–Crippen LogP) is 3.69. The minimum Gasteiger partial charge on any atom is -0.340 e. The van der Waals surface area contributed by atoms with Gasteiger partial charge in [-0.25, -0.2) is 13.4 Å². The maximum absolute atomic E-state index is 12.1. The Bertz CT molecular complexity index is 830. The van der Waals surface area contributed by atoms with Crippen LogP contribution in [-0.4, -0.2) is 13.4 Å². The van der Waals surface area contributed by atoms with Crippen LogP contribution in [0.4, 0.5) is 17.2 Å². The van der Waals surface area contributed by atoms with Gasteiger partial charge in [0.05, 0.1) is 11.9 Å². The Morgan fingerprint density at radius 3 is 2.36 bits per heavy atom. The van der Waals surface area contributed by atoms with Crippen molar-refractivity contribution in [1.82, 2.24) is 4.98 Å². The largest absolute Gasteiger partial charge is 0.340 e. The van der Waals surface area contributed by atoms with Gasteiger partial charge in [-0.05, 0) is 35.7 Å². The molecule has 5 nitrogen and oxygen atoms in total. The molecule has 0 bridgehead atoms. The van der Waals surface area contributed by atoms with Crippen LogP contribution in [0, 0.1) is 0 Å². The van der Waals surface area contributed by atoms with Gasteiger partial charge in [-0.15, -0.1) is 11.3 Å². The van der Waals surface area contributed by atoms with Crippen molar-refractivity contribution >= 4 is 38.6 Å². The van der Waals surface area contributed by atoms with Crippen LogP contribution in [0.25, 0.3) is 0 Å². The van der Waals surface area contributed by atoms with Gasteiger partial charge in [0.15, 0.2) is 0 Å². The van der Waals surface area contributed by atoms with Crippen LogP contribution >= 0.6 is 11.3 Å². The molecule has 7 heteroatoms. The summed E-state index contributed by atoms with van der Waals surface area (Å²) < 4.78 is 27.0. The summed E-state index contributed by atoms with van der Waals surface area (Å²) in [5.74, 6) is 0.644. The van der Waals surface area contributed by atoms with Gasteiger partial charge in [-0.2, -0.15) is 0 Å². The van der Waals surface area contributed by atoms with Gasteiger partial charge in [0.25, 0.3) is 10.0 Å². The van der Waals surface area contributed by atoms with E-state index in [0.29, 0.717) is 11.5 Å². The molecule has 0 spiro atoms. The number of nitrogens with zero attached hydrogens (tertiary/aromatic N) is 1. The predicted molar refractivity (Wildman–Crippen MR) is 89.1 cm³/mol. The summed E-state index contributed by atoms with van der Waals surface area (Å²) in [6.45, 7) is 0. The number of sulfonamides is 1. The molecule has 0 aliphatic rings. The molecule has 2 aromatic heterocycles. The van der Waals surface area contributed by atoms with Crippen LogP contribution in [0.15, 0.2) is 70.4 Å². The van der Waals surface area contributed by atoms with E-state index in [9.17, 15) is 8.42 Å². The molecule has 0 saturated carbocycles. The summed E-state index contributed by atoms with van der Waals surface area (Å²) in [5.41, 5.74) is 1.34. The second-order valence-corrected chi connectivity index (χ2v) is 7.32. The summed E-state index contributed by atoms with van der Waals surface area (Å²) >= 11 is 1.17. The Balaban J connectivity index is 1.72. The SMILES string of the molecule is O=S(=O)(Nc1ccc(Nc2ccccc2)nc1)c1cccs1.